The molecule has 4 heterocycles. The molecule has 7 nitrogen and oxygen atoms in total. The fourth-order valence-electron chi connectivity index (χ4n) is 5.06. The molecule has 0 unspecified atom stereocenters. The lowest BCUT2D eigenvalue weighted by molar-refractivity contribution is 0.311. The molecule has 6 rings (SSSR count). The number of nitrogens with zero attached hydrogens (tertiary/aromatic N) is 5. The van der Waals surface area contributed by atoms with E-state index in [-0.39, 0.29) is 5.69 Å². The lowest BCUT2D eigenvalue weighted by Gasteiger charge is -2.28. The van der Waals surface area contributed by atoms with Gasteiger partial charge in [-0.2, -0.15) is 0 Å². The van der Waals surface area contributed by atoms with Gasteiger partial charge in [-0.25, -0.2) is 14.2 Å². The van der Waals surface area contributed by atoms with Crippen LogP contribution < -0.4 is 15.0 Å². The van der Waals surface area contributed by atoms with Crippen molar-refractivity contribution in [2.45, 2.75) is 13.0 Å². The number of nitrogens with one attached hydrogen (secondary N) is 1. The van der Waals surface area contributed by atoms with Gasteiger partial charge >= 0.3 is 0 Å². The zero-order valence-electron chi connectivity index (χ0n) is 19.5. The SMILES string of the molecule is [C-]#[N+]c1ccc(-c2c(-c3ccc4c(c3)N(C)CCO4)ncc3c2ncn3C[C@H]2CCNC2)cc1F. The lowest BCUT2D eigenvalue weighted by atomic mass is 9.97. The summed E-state index contributed by atoms with van der Waals surface area (Å²) < 4.78 is 22.7. The van der Waals surface area contributed by atoms with Crippen LogP contribution in [-0.4, -0.2) is 47.8 Å². The molecule has 0 amide bonds. The number of halogens is 1. The summed E-state index contributed by atoms with van der Waals surface area (Å²) in [5.74, 6) is 0.838. The molecule has 2 aliphatic rings. The van der Waals surface area contributed by atoms with Crippen molar-refractivity contribution in [3.63, 3.8) is 0 Å². The third-order valence-electron chi connectivity index (χ3n) is 6.97. The zero-order valence-corrected chi connectivity index (χ0v) is 19.5. The van der Waals surface area contributed by atoms with Crippen molar-refractivity contribution >= 4 is 22.4 Å². The average molecular weight is 469 g/mol. The van der Waals surface area contributed by atoms with Crippen LogP contribution in [0.4, 0.5) is 15.8 Å². The van der Waals surface area contributed by atoms with Gasteiger partial charge in [-0.05, 0) is 55.3 Å². The number of pyridine rings is 1. The molecule has 0 spiro atoms. The molecule has 0 bridgehead atoms. The summed E-state index contributed by atoms with van der Waals surface area (Å²) >= 11 is 0. The third-order valence-corrected chi connectivity index (χ3v) is 6.97. The summed E-state index contributed by atoms with van der Waals surface area (Å²) in [6, 6.07) is 10.7. The quantitative estimate of drug-likeness (QED) is 0.432. The van der Waals surface area contributed by atoms with E-state index in [0.29, 0.717) is 18.1 Å². The van der Waals surface area contributed by atoms with Crippen LogP contribution in [0.25, 0.3) is 38.3 Å². The normalized spacial score (nSPS) is 17.3. The molecular weight excluding hydrogens is 443 g/mol. The van der Waals surface area contributed by atoms with Gasteiger partial charge in [0.05, 0.1) is 42.5 Å². The number of anilines is 1. The van der Waals surface area contributed by atoms with Crippen molar-refractivity contribution in [2.75, 3.05) is 38.2 Å². The minimum absolute atomic E-state index is 0.00208. The first-order chi connectivity index (χ1) is 17.1. The summed E-state index contributed by atoms with van der Waals surface area (Å²) in [4.78, 5) is 15.1. The van der Waals surface area contributed by atoms with Gasteiger partial charge in [0.25, 0.3) is 0 Å². The Balaban J connectivity index is 1.54. The molecule has 1 saturated heterocycles. The number of ether oxygens (including phenoxy) is 1. The predicted octanol–water partition coefficient (Wildman–Crippen LogP) is 4.89. The molecule has 0 radical (unpaired) electrons. The topological polar surface area (TPSA) is 59.6 Å². The van der Waals surface area contributed by atoms with Crippen molar-refractivity contribution in [3.8, 4) is 28.1 Å². The molecule has 1 atom stereocenters. The molecule has 176 valence electrons. The Kier molecular flexibility index (Phi) is 5.34. The Morgan fingerprint density at radius 2 is 2.09 bits per heavy atom. The minimum Gasteiger partial charge on any atom is -0.490 e. The Bertz CT molecular complexity index is 1470. The number of imidazole rings is 1. The van der Waals surface area contributed by atoms with Gasteiger partial charge in [-0.15, -0.1) is 0 Å². The van der Waals surface area contributed by atoms with Crippen molar-refractivity contribution < 1.29 is 9.13 Å². The zero-order chi connectivity index (χ0) is 23.9. The molecule has 4 aromatic rings. The Hall–Kier alpha value is -3.96. The highest BCUT2D eigenvalue weighted by molar-refractivity contribution is 5.99. The highest BCUT2D eigenvalue weighted by atomic mass is 19.1. The molecule has 0 saturated carbocycles. The fourth-order valence-corrected chi connectivity index (χ4v) is 5.06. The van der Waals surface area contributed by atoms with Gasteiger partial charge in [-0.1, -0.05) is 12.1 Å². The fraction of sp³-hybridized carbons (Fsp3) is 0.296. The maximum Gasteiger partial charge on any atom is 0.222 e. The molecule has 1 N–H and O–H groups in total. The summed E-state index contributed by atoms with van der Waals surface area (Å²) in [6.07, 6.45) is 4.86. The number of aromatic nitrogens is 3. The second kappa shape index (κ2) is 8.67. The van der Waals surface area contributed by atoms with Crippen molar-refractivity contribution in [1.29, 1.82) is 0 Å². The maximum absolute atomic E-state index is 14.7. The van der Waals surface area contributed by atoms with Crippen molar-refractivity contribution in [3.05, 3.63) is 66.2 Å². The van der Waals surface area contributed by atoms with Crippen LogP contribution in [0.15, 0.2) is 48.9 Å². The minimum atomic E-state index is -0.546. The number of hydrogen-bond acceptors (Lipinski definition) is 5. The average Bonchev–Trinajstić information content (AvgIpc) is 3.54. The van der Waals surface area contributed by atoms with Gasteiger partial charge in [0.1, 0.15) is 23.7 Å². The van der Waals surface area contributed by atoms with E-state index in [1.54, 1.807) is 6.07 Å². The van der Waals surface area contributed by atoms with Gasteiger partial charge in [-0.3, -0.25) is 4.98 Å². The van der Waals surface area contributed by atoms with Gasteiger partial charge < -0.3 is 19.5 Å². The molecule has 2 aliphatic heterocycles. The van der Waals surface area contributed by atoms with Crippen LogP contribution in [0.5, 0.6) is 5.75 Å². The monoisotopic (exact) mass is 468 g/mol. The number of likely N-dealkylation sites (N-methyl/N-ethyl adjacent to an activating group) is 1. The van der Waals surface area contributed by atoms with Gasteiger partial charge in [0.15, 0.2) is 0 Å². The molecule has 0 aliphatic carbocycles. The Labute approximate surface area is 203 Å². The van der Waals surface area contributed by atoms with E-state index in [0.717, 1.165) is 71.9 Å². The smallest absolute Gasteiger partial charge is 0.222 e. The Morgan fingerprint density at radius 1 is 1.20 bits per heavy atom. The van der Waals surface area contributed by atoms with Gasteiger partial charge in [0, 0.05) is 24.7 Å². The van der Waals surface area contributed by atoms with Crippen LogP contribution in [-0.2, 0) is 6.54 Å². The third kappa shape index (κ3) is 3.78. The van der Waals surface area contributed by atoms with Crippen molar-refractivity contribution in [2.24, 2.45) is 5.92 Å². The van der Waals surface area contributed by atoms with E-state index < -0.39 is 5.82 Å². The van der Waals surface area contributed by atoms with Crippen LogP contribution in [0, 0.1) is 18.3 Å². The van der Waals surface area contributed by atoms with Crippen LogP contribution in [0.1, 0.15) is 6.42 Å². The number of benzene rings is 2. The maximum atomic E-state index is 14.7. The van der Waals surface area contributed by atoms with E-state index in [4.69, 9.17) is 21.3 Å². The summed E-state index contributed by atoms with van der Waals surface area (Å²) in [5, 5.41) is 3.42. The number of hydrogen-bond donors (Lipinski definition) is 1. The summed E-state index contributed by atoms with van der Waals surface area (Å²) in [6.45, 7) is 11.6. The van der Waals surface area contributed by atoms with E-state index in [1.807, 2.05) is 31.7 Å². The second-order valence-electron chi connectivity index (χ2n) is 9.20. The summed E-state index contributed by atoms with van der Waals surface area (Å²) in [7, 11) is 2.04. The molecule has 8 heteroatoms. The molecule has 35 heavy (non-hydrogen) atoms. The summed E-state index contributed by atoms with van der Waals surface area (Å²) in [5.41, 5.74) is 5.74. The highest BCUT2D eigenvalue weighted by Crippen LogP contribution is 2.41. The number of rotatable bonds is 4. The molecule has 1 fully saturated rings. The van der Waals surface area contributed by atoms with Crippen LogP contribution >= 0.6 is 0 Å². The largest absolute Gasteiger partial charge is 0.490 e. The highest BCUT2D eigenvalue weighted by Gasteiger charge is 2.22. The molecule has 2 aromatic heterocycles. The van der Waals surface area contributed by atoms with Gasteiger partial charge in [0.2, 0.25) is 5.69 Å². The first-order valence-corrected chi connectivity index (χ1v) is 11.8. The van der Waals surface area contributed by atoms with Crippen molar-refractivity contribution in [1.82, 2.24) is 19.9 Å². The van der Waals surface area contributed by atoms with E-state index in [2.05, 4.69) is 25.7 Å². The Morgan fingerprint density at radius 3 is 2.89 bits per heavy atom. The van der Waals surface area contributed by atoms with E-state index in [9.17, 15) is 4.39 Å². The second-order valence-corrected chi connectivity index (χ2v) is 9.20. The molecular formula is C27H25FN6O. The molecule has 2 aromatic carbocycles. The first kappa shape index (κ1) is 21.6. The standard InChI is InChI=1S/C27H25FN6O/c1-29-21-5-3-18(11-20(21)28)25-26(19-4-6-24-22(12-19)33(2)9-10-35-24)31-14-23-27(25)32-16-34(23)15-17-7-8-30-13-17/h3-6,11-12,14,16-17,30H,7-10,13,15H2,2H3/t17-/m0/s1. The lowest BCUT2D eigenvalue weighted by Crippen LogP contribution is -2.28. The van der Waals surface area contributed by atoms with E-state index >= 15 is 0 Å². The van der Waals surface area contributed by atoms with Crippen LogP contribution in [0.3, 0.4) is 0 Å². The number of fused-ring (bicyclic) bond motifs is 2. The van der Waals surface area contributed by atoms with E-state index in [1.165, 1.54) is 12.1 Å². The first-order valence-electron chi connectivity index (χ1n) is 11.8. The predicted molar refractivity (Wildman–Crippen MR) is 134 cm³/mol. The van der Waals surface area contributed by atoms with Crippen LogP contribution in [0.2, 0.25) is 0 Å².